The summed E-state index contributed by atoms with van der Waals surface area (Å²) in [5, 5.41) is 1.18. The number of likely N-dealkylation sites (tertiary alicyclic amines) is 1. The molecule has 0 saturated carbocycles. The van der Waals surface area contributed by atoms with E-state index in [4.69, 9.17) is 5.73 Å². The topological polar surface area (TPSA) is 59.2 Å². The Morgan fingerprint density at radius 3 is 2.81 bits per heavy atom. The molecule has 3 rings (SSSR count). The normalized spacial score (nSPS) is 18.1. The third kappa shape index (κ3) is 5.81. The summed E-state index contributed by atoms with van der Waals surface area (Å²) < 4.78 is 1.25. The molecule has 1 fully saturated rings. The predicted octanol–water partition coefficient (Wildman–Crippen LogP) is 4.58. The van der Waals surface area contributed by atoms with Gasteiger partial charge in [0.2, 0.25) is 5.91 Å². The molecule has 2 aromatic rings. The number of unbranched alkanes of at least 4 members (excludes halogenated alkanes) is 1. The second-order valence-corrected chi connectivity index (χ2v) is 7.91. The number of hydrogen-bond acceptors (Lipinski definition) is 4. The lowest BCUT2D eigenvalue weighted by atomic mass is 9.96. The first-order chi connectivity index (χ1) is 11.6. The van der Waals surface area contributed by atoms with Crippen molar-refractivity contribution < 1.29 is 4.79 Å². The number of hydrogen-bond donors (Lipinski definition) is 1. The number of benzene rings is 1. The fourth-order valence-corrected chi connectivity index (χ4v) is 4.55. The second-order valence-electron chi connectivity index (χ2n) is 6.79. The van der Waals surface area contributed by atoms with Gasteiger partial charge >= 0.3 is 0 Å². The van der Waals surface area contributed by atoms with Crippen LogP contribution in [0.5, 0.6) is 0 Å². The van der Waals surface area contributed by atoms with E-state index in [0.29, 0.717) is 6.42 Å². The third-order valence-electron chi connectivity index (χ3n) is 4.85. The number of nitrogens with two attached hydrogens (primary N) is 1. The number of amides is 1. The molecule has 0 radical (unpaired) electrons. The highest BCUT2D eigenvalue weighted by molar-refractivity contribution is 7.18. The molecule has 2 unspecified atom stereocenters. The minimum atomic E-state index is 0. The van der Waals surface area contributed by atoms with Gasteiger partial charge in [0, 0.05) is 25.0 Å². The van der Waals surface area contributed by atoms with Crippen molar-refractivity contribution in [3.05, 3.63) is 29.3 Å². The summed E-state index contributed by atoms with van der Waals surface area (Å²) in [6.07, 6.45) is 6.89. The molecule has 146 valence electrons. The zero-order valence-corrected chi connectivity index (χ0v) is 17.7. The van der Waals surface area contributed by atoms with Crippen molar-refractivity contribution in [2.45, 2.75) is 64.0 Å². The van der Waals surface area contributed by atoms with Crippen LogP contribution in [0.2, 0.25) is 0 Å². The van der Waals surface area contributed by atoms with Crippen LogP contribution in [0.3, 0.4) is 0 Å². The zero-order chi connectivity index (χ0) is 16.9. The summed E-state index contributed by atoms with van der Waals surface area (Å²) in [5.74, 6) is 0.279. The SMILES string of the molecule is CC(N)C1CCCCN1C(=O)CCCCc1nc2ccccc2s1.Cl.Cl. The Balaban J connectivity index is 0.00000169. The smallest absolute Gasteiger partial charge is 0.222 e. The van der Waals surface area contributed by atoms with Crippen molar-refractivity contribution in [3.8, 4) is 0 Å². The van der Waals surface area contributed by atoms with Gasteiger partial charge in [0.15, 0.2) is 0 Å². The quantitative estimate of drug-likeness (QED) is 0.699. The number of nitrogens with zero attached hydrogens (tertiary/aromatic N) is 2. The highest BCUT2D eigenvalue weighted by Crippen LogP contribution is 2.24. The number of aromatic nitrogens is 1. The zero-order valence-electron chi connectivity index (χ0n) is 15.2. The number of rotatable bonds is 6. The lowest BCUT2D eigenvalue weighted by molar-refractivity contribution is -0.135. The van der Waals surface area contributed by atoms with Crippen LogP contribution in [0.15, 0.2) is 24.3 Å². The van der Waals surface area contributed by atoms with Gasteiger partial charge in [-0.3, -0.25) is 4.79 Å². The Bertz CT molecular complexity index is 659. The van der Waals surface area contributed by atoms with E-state index < -0.39 is 0 Å². The number of halogens is 2. The van der Waals surface area contributed by atoms with Crippen LogP contribution in [-0.4, -0.2) is 34.4 Å². The first-order valence-corrected chi connectivity index (χ1v) is 9.86. The van der Waals surface area contributed by atoms with Gasteiger partial charge in [-0.05, 0) is 57.6 Å². The first kappa shape index (κ1) is 23.2. The lowest BCUT2D eigenvalue weighted by Gasteiger charge is -2.38. The van der Waals surface area contributed by atoms with E-state index in [1.807, 2.05) is 17.9 Å². The third-order valence-corrected chi connectivity index (χ3v) is 5.94. The van der Waals surface area contributed by atoms with Gasteiger partial charge in [-0.1, -0.05) is 12.1 Å². The molecule has 0 bridgehead atoms. The number of carbonyl (C=O) groups is 1. The van der Waals surface area contributed by atoms with Crippen molar-refractivity contribution in [2.75, 3.05) is 6.54 Å². The van der Waals surface area contributed by atoms with Crippen LogP contribution in [0.4, 0.5) is 0 Å². The summed E-state index contributed by atoms with van der Waals surface area (Å²) in [7, 11) is 0. The van der Waals surface area contributed by atoms with Crippen molar-refractivity contribution in [3.63, 3.8) is 0 Å². The molecular formula is C19H29Cl2N3OS. The molecule has 26 heavy (non-hydrogen) atoms. The lowest BCUT2D eigenvalue weighted by Crippen LogP contribution is -2.51. The van der Waals surface area contributed by atoms with E-state index in [1.165, 1.54) is 16.1 Å². The fraction of sp³-hybridized carbons (Fsp3) is 0.579. The predicted molar refractivity (Wildman–Crippen MR) is 115 cm³/mol. The van der Waals surface area contributed by atoms with Gasteiger partial charge in [-0.15, -0.1) is 36.2 Å². The highest BCUT2D eigenvalue weighted by Gasteiger charge is 2.28. The molecule has 0 spiro atoms. The van der Waals surface area contributed by atoms with E-state index in [2.05, 4.69) is 23.2 Å². The van der Waals surface area contributed by atoms with Gasteiger partial charge in [-0.25, -0.2) is 4.98 Å². The molecule has 4 nitrogen and oxygen atoms in total. The molecule has 2 heterocycles. The maximum atomic E-state index is 12.5. The Kier molecular flexibility index (Phi) is 9.86. The fourth-order valence-electron chi connectivity index (χ4n) is 3.54. The Morgan fingerprint density at radius 2 is 2.08 bits per heavy atom. The standard InChI is InChI=1S/C19H27N3OS.2ClH/c1-14(20)16-9-6-7-13-22(16)19(23)12-5-4-11-18-21-15-8-2-3-10-17(15)24-18;;/h2-3,8,10,14,16H,4-7,9,11-13,20H2,1H3;2*1H. The van der Waals surface area contributed by atoms with E-state index in [0.717, 1.165) is 44.2 Å². The van der Waals surface area contributed by atoms with Gasteiger partial charge in [0.25, 0.3) is 0 Å². The van der Waals surface area contributed by atoms with Gasteiger partial charge in [0.1, 0.15) is 0 Å². The van der Waals surface area contributed by atoms with Crippen LogP contribution >= 0.6 is 36.2 Å². The molecule has 1 aliphatic rings. The van der Waals surface area contributed by atoms with Crippen LogP contribution in [0.25, 0.3) is 10.2 Å². The molecule has 1 saturated heterocycles. The van der Waals surface area contributed by atoms with Crippen molar-refractivity contribution in [2.24, 2.45) is 5.73 Å². The van der Waals surface area contributed by atoms with Gasteiger partial charge in [0.05, 0.1) is 15.2 Å². The van der Waals surface area contributed by atoms with E-state index >= 15 is 0 Å². The molecule has 1 aromatic carbocycles. The Morgan fingerprint density at radius 1 is 1.31 bits per heavy atom. The maximum Gasteiger partial charge on any atom is 0.222 e. The summed E-state index contributed by atoms with van der Waals surface area (Å²) in [6.45, 7) is 2.90. The van der Waals surface area contributed by atoms with Crippen LogP contribution < -0.4 is 5.73 Å². The van der Waals surface area contributed by atoms with Crippen molar-refractivity contribution >= 4 is 52.3 Å². The molecular weight excluding hydrogens is 389 g/mol. The summed E-state index contributed by atoms with van der Waals surface area (Å²) in [5.41, 5.74) is 7.15. The molecule has 1 aliphatic heterocycles. The van der Waals surface area contributed by atoms with Crippen LogP contribution in [-0.2, 0) is 11.2 Å². The summed E-state index contributed by atoms with van der Waals surface area (Å²) >= 11 is 1.77. The van der Waals surface area contributed by atoms with Gasteiger partial charge in [-0.2, -0.15) is 0 Å². The van der Waals surface area contributed by atoms with Crippen molar-refractivity contribution in [1.82, 2.24) is 9.88 Å². The molecule has 0 aliphatic carbocycles. The number of piperidine rings is 1. The summed E-state index contributed by atoms with van der Waals surface area (Å²) in [4.78, 5) is 19.2. The minimum absolute atomic E-state index is 0. The molecule has 2 N–H and O–H groups in total. The average Bonchev–Trinajstić information content (AvgIpc) is 3.01. The monoisotopic (exact) mass is 417 g/mol. The van der Waals surface area contributed by atoms with E-state index in [-0.39, 0.29) is 42.8 Å². The summed E-state index contributed by atoms with van der Waals surface area (Å²) in [6, 6.07) is 8.55. The van der Waals surface area contributed by atoms with E-state index in [9.17, 15) is 4.79 Å². The number of aryl methyl sites for hydroxylation is 1. The Hall–Kier alpha value is -0.880. The molecule has 1 aromatic heterocycles. The van der Waals surface area contributed by atoms with Gasteiger partial charge < -0.3 is 10.6 Å². The molecule has 2 atom stereocenters. The maximum absolute atomic E-state index is 12.5. The highest BCUT2D eigenvalue weighted by atomic mass is 35.5. The number of fused-ring (bicyclic) bond motifs is 1. The largest absolute Gasteiger partial charge is 0.338 e. The molecule has 7 heteroatoms. The minimum Gasteiger partial charge on any atom is -0.338 e. The van der Waals surface area contributed by atoms with Crippen molar-refractivity contribution in [1.29, 1.82) is 0 Å². The van der Waals surface area contributed by atoms with E-state index in [1.54, 1.807) is 11.3 Å². The number of carbonyl (C=O) groups excluding carboxylic acids is 1. The van der Waals surface area contributed by atoms with Crippen LogP contribution in [0.1, 0.15) is 50.5 Å². The Labute approximate surface area is 172 Å². The first-order valence-electron chi connectivity index (χ1n) is 9.04. The number of para-hydroxylation sites is 1. The second kappa shape index (κ2) is 11.1. The number of thiazole rings is 1. The molecule has 1 amide bonds. The average molecular weight is 418 g/mol. The van der Waals surface area contributed by atoms with Crippen LogP contribution in [0, 0.1) is 0 Å².